The zero-order valence-corrected chi connectivity index (χ0v) is 19.4. The minimum absolute atomic E-state index is 0.0112. The summed E-state index contributed by atoms with van der Waals surface area (Å²) in [5.74, 6) is -0.642. The van der Waals surface area contributed by atoms with Gasteiger partial charge in [0.25, 0.3) is 0 Å². The molecule has 0 saturated carbocycles. The van der Waals surface area contributed by atoms with Crippen molar-refractivity contribution in [2.24, 2.45) is 0 Å². The van der Waals surface area contributed by atoms with Crippen molar-refractivity contribution in [1.82, 2.24) is 4.90 Å². The van der Waals surface area contributed by atoms with Crippen molar-refractivity contribution in [2.75, 3.05) is 6.61 Å². The minimum atomic E-state index is -0.360. The summed E-state index contributed by atoms with van der Waals surface area (Å²) in [7, 11) is 0. The molecule has 3 aromatic carbocycles. The molecule has 0 aliphatic carbocycles. The largest absolute Gasteiger partial charge is 0.466 e. The molecule has 3 aromatic rings. The molecule has 0 N–H and O–H groups in total. The maximum absolute atomic E-state index is 14.3. The summed E-state index contributed by atoms with van der Waals surface area (Å²) in [5, 5.41) is 0. The lowest BCUT2D eigenvalue weighted by molar-refractivity contribution is -0.145. The van der Waals surface area contributed by atoms with E-state index < -0.39 is 0 Å². The number of halogens is 2. The predicted octanol–water partition coefficient (Wildman–Crippen LogP) is 6.85. The van der Waals surface area contributed by atoms with E-state index in [0.29, 0.717) is 17.6 Å². The van der Waals surface area contributed by atoms with E-state index in [1.54, 1.807) is 6.92 Å². The Labute approximate surface area is 192 Å². The topological polar surface area (TPSA) is 29.5 Å². The van der Waals surface area contributed by atoms with Crippen molar-refractivity contribution in [3.05, 3.63) is 106 Å². The molecule has 31 heavy (non-hydrogen) atoms. The molecular formula is C26H27BrFNO2. The molecule has 0 saturated heterocycles. The number of ether oxygens (including phenoxy) is 1. The number of rotatable bonds is 9. The first kappa shape index (κ1) is 23.2. The lowest BCUT2D eigenvalue weighted by Gasteiger charge is -2.37. The Morgan fingerprint density at radius 2 is 1.65 bits per heavy atom. The zero-order chi connectivity index (χ0) is 22.2. The number of esters is 1. The molecule has 2 unspecified atom stereocenters. The SMILES string of the molecule is CCOC(=O)CC(c1cc(F)cc(Br)c1)N(Cc1ccccc1)C(C)c1ccccc1. The van der Waals surface area contributed by atoms with Gasteiger partial charge in [-0.1, -0.05) is 76.6 Å². The molecule has 0 fully saturated rings. The lowest BCUT2D eigenvalue weighted by atomic mass is 9.96. The normalized spacial score (nSPS) is 13.1. The van der Waals surface area contributed by atoms with Crippen LogP contribution >= 0.6 is 15.9 Å². The van der Waals surface area contributed by atoms with E-state index in [9.17, 15) is 9.18 Å². The van der Waals surface area contributed by atoms with Gasteiger partial charge in [0.1, 0.15) is 5.82 Å². The second kappa shape index (κ2) is 11.2. The third-order valence-electron chi connectivity index (χ3n) is 5.32. The highest BCUT2D eigenvalue weighted by Gasteiger charge is 2.29. The maximum Gasteiger partial charge on any atom is 0.307 e. The monoisotopic (exact) mass is 483 g/mol. The van der Waals surface area contributed by atoms with Crippen LogP contribution in [-0.4, -0.2) is 17.5 Å². The second-order valence-corrected chi connectivity index (χ2v) is 8.39. The average molecular weight is 484 g/mol. The van der Waals surface area contributed by atoms with Crippen molar-refractivity contribution < 1.29 is 13.9 Å². The second-order valence-electron chi connectivity index (χ2n) is 7.47. The van der Waals surface area contributed by atoms with E-state index >= 15 is 0 Å². The van der Waals surface area contributed by atoms with Gasteiger partial charge < -0.3 is 4.74 Å². The smallest absolute Gasteiger partial charge is 0.307 e. The minimum Gasteiger partial charge on any atom is -0.466 e. The summed E-state index contributed by atoms with van der Waals surface area (Å²) in [6.07, 6.45) is 0.133. The molecule has 3 nitrogen and oxygen atoms in total. The first-order valence-electron chi connectivity index (χ1n) is 10.4. The van der Waals surface area contributed by atoms with Crippen LogP contribution in [0.1, 0.15) is 49.0 Å². The van der Waals surface area contributed by atoms with E-state index in [-0.39, 0.29) is 30.3 Å². The third kappa shape index (κ3) is 6.49. The summed E-state index contributed by atoms with van der Waals surface area (Å²) in [6, 6.07) is 24.7. The number of hydrogen-bond donors (Lipinski definition) is 0. The lowest BCUT2D eigenvalue weighted by Crippen LogP contribution is -2.33. The Balaban J connectivity index is 2.06. The highest BCUT2D eigenvalue weighted by Crippen LogP contribution is 2.36. The molecule has 162 valence electrons. The molecule has 0 heterocycles. The Hall–Kier alpha value is -2.50. The van der Waals surface area contributed by atoms with Gasteiger partial charge in [0.05, 0.1) is 13.0 Å². The zero-order valence-electron chi connectivity index (χ0n) is 17.8. The van der Waals surface area contributed by atoms with Gasteiger partial charge in [-0.25, -0.2) is 4.39 Å². The molecule has 0 aliphatic rings. The Bertz CT molecular complexity index is 961. The van der Waals surface area contributed by atoms with Crippen molar-refractivity contribution >= 4 is 21.9 Å². The summed E-state index contributed by atoms with van der Waals surface area (Å²) in [4.78, 5) is 14.8. The quantitative estimate of drug-likeness (QED) is 0.311. The first-order chi connectivity index (χ1) is 15.0. The van der Waals surface area contributed by atoms with Crippen LogP contribution in [-0.2, 0) is 16.1 Å². The highest BCUT2D eigenvalue weighted by atomic mass is 79.9. The van der Waals surface area contributed by atoms with Gasteiger partial charge in [0.15, 0.2) is 0 Å². The van der Waals surface area contributed by atoms with E-state index in [4.69, 9.17) is 4.74 Å². The maximum atomic E-state index is 14.3. The number of carbonyl (C=O) groups is 1. The standard InChI is InChI=1S/C26H27BrFNO2/c1-3-31-26(30)17-25(22-14-23(27)16-24(28)15-22)29(18-20-10-6-4-7-11-20)19(2)21-12-8-5-9-13-21/h4-16,19,25H,3,17-18H2,1-2H3. The van der Waals surface area contributed by atoms with Crippen molar-refractivity contribution in [3.8, 4) is 0 Å². The van der Waals surface area contributed by atoms with Crippen LogP contribution in [0, 0.1) is 5.82 Å². The Morgan fingerprint density at radius 3 is 2.26 bits per heavy atom. The van der Waals surface area contributed by atoms with Crippen LogP contribution in [0.2, 0.25) is 0 Å². The molecule has 0 amide bonds. The van der Waals surface area contributed by atoms with Gasteiger partial charge >= 0.3 is 5.97 Å². The first-order valence-corrected chi connectivity index (χ1v) is 11.2. The van der Waals surface area contributed by atoms with E-state index in [0.717, 1.165) is 16.7 Å². The Kier molecular flexibility index (Phi) is 8.38. The van der Waals surface area contributed by atoms with Gasteiger partial charge in [-0.2, -0.15) is 0 Å². The predicted molar refractivity (Wildman–Crippen MR) is 125 cm³/mol. The van der Waals surface area contributed by atoms with Crippen LogP contribution in [0.15, 0.2) is 83.3 Å². The molecule has 0 aliphatic heterocycles. The van der Waals surface area contributed by atoms with Crippen LogP contribution in [0.25, 0.3) is 0 Å². The molecular weight excluding hydrogens is 457 g/mol. The van der Waals surface area contributed by atoms with Crippen LogP contribution in [0.4, 0.5) is 4.39 Å². The summed E-state index contributed by atoms with van der Waals surface area (Å²) in [6.45, 7) is 4.82. The molecule has 2 atom stereocenters. The highest BCUT2D eigenvalue weighted by molar-refractivity contribution is 9.10. The summed E-state index contributed by atoms with van der Waals surface area (Å²) < 4.78 is 20.2. The summed E-state index contributed by atoms with van der Waals surface area (Å²) in [5.41, 5.74) is 2.98. The fourth-order valence-corrected chi connectivity index (χ4v) is 4.29. The fourth-order valence-electron chi connectivity index (χ4n) is 3.81. The van der Waals surface area contributed by atoms with Gasteiger partial charge in [-0.15, -0.1) is 0 Å². The average Bonchev–Trinajstić information content (AvgIpc) is 2.76. The van der Waals surface area contributed by atoms with E-state index in [1.807, 2.05) is 42.5 Å². The molecule has 0 aromatic heterocycles. The Morgan fingerprint density at radius 1 is 1.00 bits per heavy atom. The molecule has 0 radical (unpaired) electrons. The van der Waals surface area contributed by atoms with E-state index in [2.05, 4.69) is 52.0 Å². The number of nitrogens with zero attached hydrogens (tertiary/aromatic N) is 1. The number of hydrogen-bond acceptors (Lipinski definition) is 3. The van der Waals surface area contributed by atoms with Crippen molar-refractivity contribution in [2.45, 2.75) is 38.9 Å². The number of carbonyl (C=O) groups excluding carboxylic acids is 1. The molecule has 0 spiro atoms. The van der Waals surface area contributed by atoms with E-state index in [1.165, 1.54) is 12.1 Å². The molecule has 3 rings (SSSR count). The molecule has 0 bridgehead atoms. The van der Waals surface area contributed by atoms with Gasteiger partial charge in [-0.05, 0) is 48.7 Å². The number of benzene rings is 3. The van der Waals surface area contributed by atoms with Gasteiger partial charge in [-0.3, -0.25) is 9.69 Å². The van der Waals surface area contributed by atoms with Crippen LogP contribution < -0.4 is 0 Å². The van der Waals surface area contributed by atoms with Crippen LogP contribution in [0.5, 0.6) is 0 Å². The summed E-state index contributed by atoms with van der Waals surface area (Å²) >= 11 is 3.40. The van der Waals surface area contributed by atoms with Gasteiger partial charge in [0, 0.05) is 23.1 Å². The van der Waals surface area contributed by atoms with Crippen LogP contribution in [0.3, 0.4) is 0 Å². The van der Waals surface area contributed by atoms with Gasteiger partial charge in [0.2, 0.25) is 0 Å². The third-order valence-corrected chi connectivity index (χ3v) is 5.78. The molecule has 5 heteroatoms. The van der Waals surface area contributed by atoms with Crippen molar-refractivity contribution in [3.63, 3.8) is 0 Å². The van der Waals surface area contributed by atoms with Crippen molar-refractivity contribution in [1.29, 1.82) is 0 Å². The fraction of sp³-hybridized carbons (Fsp3) is 0.269.